The Labute approximate surface area is 174 Å². The van der Waals surface area contributed by atoms with E-state index in [0.29, 0.717) is 5.02 Å². The molecular weight excluding hydrogens is 384 g/mol. The fourth-order valence-electron chi connectivity index (χ4n) is 3.07. The van der Waals surface area contributed by atoms with Crippen molar-refractivity contribution < 1.29 is 0 Å². The number of imidazole rings is 1. The fourth-order valence-corrected chi connectivity index (χ4v) is 3.40. The van der Waals surface area contributed by atoms with Gasteiger partial charge in [-0.25, -0.2) is 19.9 Å². The van der Waals surface area contributed by atoms with Crippen LogP contribution in [0.15, 0.2) is 61.2 Å². The van der Waals surface area contributed by atoms with E-state index in [0.717, 1.165) is 59.2 Å². The minimum Gasteiger partial charge on any atom is -0.370 e. The number of anilines is 1. The Hall–Kier alpha value is -3.25. The van der Waals surface area contributed by atoms with Crippen molar-refractivity contribution in [1.82, 2.24) is 24.9 Å². The molecule has 4 rings (SSSR count). The maximum atomic E-state index is 6.54. The normalized spacial score (nSPS) is 10.8. The Bertz CT molecular complexity index is 1080. The molecule has 0 aliphatic carbocycles. The SMILES string of the molecule is Cc1ccc(-c2nc(CCCNc3ccccn3)ncc2-c2ncc[nH]2)c(Cl)c1. The van der Waals surface area contributed by atoms with Crippen LogP contribution in [0.2, 0.25) is 5.02 Å². The average molecular weight is 405 g/mol. The summed E-state index contributed by atoms with van der Waals surface area (Å²) < 4.78 is 0. The summed E-state index contributed by atoms with van der Waals surface area (Å²) in [5.41, 5.74) is 3.59. The van der Waals surface area contributed by atoms with Gasteiger partial charge in [-0.2, -0.15) is 0 Å². The highest BCUT2D eigenvalue weighted by Gasteiger charge is 2.16. The Balaban J connectivity index is 1.56. The number of hydrogen-bond acceptors (Lipinski definition) is 5. The highest BCUT2D eigenvalue weighted by atomic mass is 35.5. The van der Waals surface area contributed by atoms with Gasteiger partial charge in [0, 0.05) is 43.3 Å². The van der Waals surface area contributed by atoms with Crippen LogP contribution in [-0.4, -0.2) is 31.5 Å². The molecule has 3 heterocycles. The van der Waals surface area contributed by atoms with Crippen molar-refractivity contribution in [2.75, 3.05) is 11.9 Å². The molecule has 0 aliphatic rings. The molecule has 1 aromatic carbocycles. The number of halogens is 1. The van der Waals surface area contributed by atoms with Crippen molar-refractivity contribution in [1.29, 1.82) is 0 Å². The van der Waals surface area contributed by atoms with E-state index in [2.05, 4.69) is 25.3 Å². The van der Waals surface area contributed by atoms with Gasteiger partial charge in [-0.3, -0.25) is 0 Å². The van der Waals surface area contributed by atoms with Crippen LogP contribution in [0.25, 0.3) is 22.6 Å². The van der Waals surface area contributed by atoms with E-state index in [1.54, 1.807) is 18.6 Å². The third kappa shape index (κ3) is 4.60. The van der Waals surface area contributed by atoms with E-state index in [1.165, 1.54) is 0 Å². The van der Waals surface area contributed by atoms with Crippen LogP contribution in [0.4, 0.5) is 5.82 Å². The van der Waals surface area contributed by atoms with Crippen LogP contribution >= 0.6 is 11.6 Å². The van der Waals surface area contributed by atoms with Gasteiger partial charge in [0.1, 0.15) is 17.5 Å². The molecule has 0 fully saturated rings. The fraction of sp³-hybridized carbons (Fsp3) is 0.182. The molecule has 146 valence electrons. The molecule has 7 heteroatoms. The topological polar surface area (TPSA) is 79.4 Å². The van der Waals surface area contributed by atoms with E-state index < -0.39 is 0 Å². The third-order valence-electron chi connectivity index (χ3n) is 4.52. The van der Waals surface area contributed by atoms with E-state index in [1.807, 2.05) is 49.5 Å². The second kappa shape index (κ2) is 8.84. The molecule has 0 amide bonds. The second-order valence-electron chi connectivity index (χ2n) is 6.71. The summed E-state index contributed by atoms with van der Waals surface area (Å²) in [6.45, 7) is 2.81. The van der Waals surface area contributed by atoms with Gasteiger partial charge in [0.2, 0.25) is 0 Å². The first-order valence-corrected chi connectivity index (χ1v) is 9.85. The van der Waals surface area contributed by atoms with Crippen LogP contribution in [0.1, 0.15) is 17.8 Å². The van der Waals surface area contributed by atoms with Crippen molar-refractivity contribution in [3.8, 4) is 22.6 Å². The number of aromatic amines is 1. The van der Waals surface area contributed by atoms with Crippen molar-refractivity contribution in [3.05, 3.63) is 77.6 Å². The van der Waals surface area contributed by atoms with Crippen LogP contribution in [0.5, 0.6) is 0 Å². The summed E-state index contributed by atoms with van der Waals surface area (Å²) >= 11 is 6.54. The van der Waals surface area contributed by atoms with E-state index in [9.17, 15) is 0 Å². The lowest BCUT2D eigenvalue weighted by Gasteiger charge is -2.11. The van der Waals surface area contributed by atoms with E-state index in [4.69, 9.17) is 16.6 Å². The second-order valence-corrected chi connectivity index (χ2v) is 7.12. The molecule has 0 aliphatic heterocycles. The molecule has 0 bridgehead atoms. The molecule has 0 saturated heterocycles. The Kier molecular flexibility index (Phi) is 5.81. The number of pyridine rings is 1. The lowest BCUT2D eigenvalue weighted by atomic mass is 10.0. The Morgan fingerprint density at radius 1 is 1.03 bits per heavy atom. The molecule has 2 N–H and O–H groups in total. The van der Waals surface area contributed by atoms with Crippen molar-refractivity contribution in [2.24, 2.45) is 0 Å². The van der Waals surface area contributed by atoms with Crippen LogP contribution in [0.3, 0.4) is 0 Å². The van der Waals surface area contributed by atoms with Gasteiger partial charge in [-0.05, 0) is 37.1 Å². The first kappa shape index (κ1) is 19.1. The Morgan fingerprint density at radius 2 is 1.97 bits per heavy atom. The number of aromatic nitrogens is 5. The average Bonchev–Trinajstić information content (AvgIpc) is 3.27. The summed E-state index contributed by atoms with van der Waals surface area (Å²) in [5.74, 6) is 2.36. The minimum absolute atomic E-state index is 0.666. The van der Waals surface area contributed by atoms with Gasteiger partial charge in [0.15, 0.2) is 0 Å². The minimum atomic E-state index is 0.666. The zero-order valence-electron chi connectivity index (χ0n) is 16.1. The summed E-state index contributed by atoms with van der Waals surface area (Å²) in [4.78, 5) is 21.2. The number of benzene rings is 1. The summed E-state index contributed by atoms with van der Waals surface area (Å²) in [6, 6.07) is 11.8. The molecular formula is C22H21ClN6. The number of hydrogen-bond donors (Lipinski definition) is 2. The molecule has 0 atom stereocenters. The molecule has 3 aromatic heterocycles. The smallest absolute Gasteiger partial charge is 0.141 e. The first-order valence-electron chi connectivity index (χ1n) is 9.48. The maximum Gasteiger partial charge on any atom is 0.141 e. The summed E-state index contributed by atoms with van der Waals surface area (Å²) in [6.07, 6.45) is 8.72. The standard InChI is InChI=1S/C22H21ClN6/c1-15-7-8-16(18(23)13-15)21-17(22-26-11-12-27-22)14-28-20(29-21)6-4-10-25-19-5-2-3-9-24-19/h2-3,5,7-9,11-14H,4,6,10H2,1H3,(H,24,25)(H,26,27). The zero-order valence-corrected chi connectivity index (χ0v) is 16.8. The van der Waals surface area contributed by atoms with Gasteiger partial charge < -0.3 is 10.3 Å². The lowest BCUT2D eigenvalue weighted by Crippen LogP contribution is -2.06. The van der Waals surface area contributed by atoms with Gasteiger partial charge >= 0.3 is 0 Å². The zero-order chi connectivity index (χ0) is 20.1. The molecule has 0 saturated carbocycles. The molecule has 0 spiro atoms. The van der Waals surface area contributed by atoms with Gasteiger partial charge in [-0.15, -0.1) is 0 Å². The number of nitrogens with one attached hydrogen (secondary N) is 2. The van der Waals surface area contributed by atoms with Crippen molar-refractivity contribution in [2.45, 2.75) is 19.8 Å². The number of aryl methyl sites for hydroxylation is 2. The van der Waals surface area contributed by atoms with Crippen LogP contribution < -0.4 is 5.32 Å². The van der Waals surface area contributed by atoms with E-state index >= 15 is 0 Å². The van der Waals surface area contributed by atoms with Gasteiger partial charge in [-0.1, -0.05) is 29.8 Å². The quantitative estimate of drug-likeness (QED) is 0.427. The van der Waals surface area contributed by atoms with Crippen LogP contribution in [-0.2, 0) is 6.42 Å². The van der Waals surface area contributed by atoms with Gasteiger partial charge in [0.05, 0.1) is 16.3 Å². The predicted octanol–water partition coefficient (Wildman–Crippen LogP) is 4.94. The maximum absolute atomic E-state index is 6.54. The van der Waals surface area contributed by atoms with E-state index in [-0.39, 0.29) is 0 Å². The highest BCUT2D eigenvalue weighted by molar-refractivity contribution is 6.33. The molecule has 29 heavy (non-hydrogen) atoms. The highest BCUT2D eigenvalue weighted by Crippen LogP contribution is 2.33. The molecule has 0 radical (unpaired) electrons. The lowest BCUT2D eigenvalue weighted by molar-refractivity contribution is 0.800. The molecule has 0 unspecified atom stereocenters. The Morgan fingerprint density at radius 3 is 2.72 bits per heavy atom. The largest absolute Gasteiger partial charge is 0.370 e. The van der Waals surface area contributed by atoms with Crippen LogP contribution in [0, 0.1) is 6.92 Å². The van der Waals surface area contributed by atoms with Crippen molar-refractivity contribution in [3.63, 3.8) is 0 Å². The van der Waals surface area contributed by atoms with Gasteiger partial charge in [0.25, 0.3) is 0 Å². The first-order chi connectivity index (χ1) is 14.2. The number of nitrogens with zero attached hydrogens (tertiary/aromatic N) is 4. The third-order valence-corrected chi connectivity index (χ3v) is 4.83. The molecule has 4 aromatic rings. The summed E-state index contributed by atoms with van der Waals surface area (Å²) in [7, 11) is 0. The number of rotatable bonds is 7. The predicted molar refractivity (Wildman–Crippen MR) is 116 cm³/mol. The number of H-pyrrole nitrogens is 1. The summed E-state index contributed by atoms with van der Waals surface area (Å²) in [5, 5.41) is 3.97. The molecule has 6 nitrogen and oxygen atoms in total. The monoisotopic (exact) mass is 404 g/mol. The van der Waals surface area contributed by atoms with Crippen molar-refractivity contribution >= 4 is 17.4 Å².